The summed E-state index contributed by atoms with van der Waals surface area (Å²) in [5.41, 5.74) is 1.44. The molecule has 0 aliphatic carbocycles. The lowest BCUT2D eigenvalue weighted by Gasteiger charge is -2.23. The SMILES string of the molecule is CC[C@@H](NC(=O)[C@H](CC(C)C)NC(=O)CCc1ccccc1)C(=O)C(=O)NCc1cc(F)cc(OC)c1. The fourth-order valence-corrected chi connectivity index (χ4v) is 3.77. The van der Waals surface area contributed by atoms with Gasteiger partial charge in [0.1, 0.15) is 17.6 Å². The Morgan fingerprint density at radius 3 is 2.27 bits per heavy atom. The predicted octanol–water partition coefficient (Wildman–Crippen LogP) is 3.08. The van der Waals surface area contributed by atoms with Gasteiger partial charge in [-0.3, -0.25) is 19.2 Å². The average Bonchev–Trinajstić information content (AvgIpc) is 2.88. The summed E-state index contributed by atoms with van der Waals surface area (Å²) >= 11 is 0. The predicted molar refractivity (Wildman–Crippen MR) is 138 cm³/mol. The summed E-state index contributed by atoms with van der Waals surface area (Å²) in [5, 5.41) is 7.84. The number of hydrogen-bond acceptors (Lipinski definition) is 5. The lowest BCUT2D eigenvalue weighted by Crippen LogP contribution is -2.54. The average molecular weight is 514 g/mol. The summed E-state index contributed by atoms with van der Waals surface area (Å²) in [7, 11) is 1.40. The van der Waals surface area contributed by atoms with Gasteiger partial charge in [-0.25, -0.2) is 4.39 Å². The van der Waals surface area contributed by atoms with Crippen LogP contribution in [0.1, 0.15) is 51.2 Å². The lowest BCUT2D eigenvalue weighted by molar-refractivity contribution is -0.140. The standard InChI is InChI=1S/C28H36FN3O5/c1-5-23(26(34)28(36)30-17-20-14-21(29)16-22(15-20)37-4)32-27(35)24(13-18(2)3)31-25(33)12-11-19-9-7-6-8-10-19/h6-10,14-16,18,23-24H,5,11-13,17H2,1-4H3,(H,30,36)(H,31,33)(H,32,35)/t23-,24+/m1/s1. The first-order chi connectivity index (χ1) is 17.6. The molecular weight excluding hydrogens is 477 g/mol. The minimum atomic E-state index is -1.06. The maximum absolute atomic E-state index is 13.7. The zero-order valence-electron chi connectivity index (χ0n) is 21.8. The Hall–Kier alpha value is -3.75. The number of carbonyl (C=O) groups excluding carboxylic acids is 4. The third-order valence-corrected chi connectivity index (χ3v) is 5.73. The van der Waals surface area contributed by atoms with E-state index in [1.165, 1.54) is 19.2 Å². The zero-order chi connectivity index (χ0) is 27.4. The Balaban J connectivity index is 1.96. The molecule has 0 heterocycles. The summed E-state index contributed by atoms with van der Waals surface area (Å²) in [5.74, 6) is -2.66. The van der Waals surface area contributed by atoms with E-state index < -0.39 is 35.5 Å². The molecule has 3 amide bonds. The first-order valence-electron chi connectivity index (χ1n) is 12.4. The van der Waals surface area contributed by atoms with E-state index in [-0.39, 0.29) is 37.0 Å². The number of amides is 3. The van der Waals surface area contributed by atoms with Gasteiger partial charge in [-0.15, -0.1) is 0 Å². The van der Waals surface area contributed by atoms with Gasteiger partial charge in [0.15, 0.2) is 0 Å². The highest BCUT2D eigenvalue weighted by Gasteiger charge is 2.29. The van der Waals surface area contributed by atoms with Crippen molar-refractivity contribution >= 4 is 23.5 Å². The number of Topliss-reactive ketones (excluding diaryl/α,β-unsaturated/α-hetero) is 1. The Morgan fingerprint density at radius 2 is 1.65 bits per heavy atom. The second kappa shape index (κ2) is 14.7. The lowest BCUT2D eigenvalue weighted by atomic mass is 10.0. The van der Waals surface area contributed by atoms with E-state index in [4.69, 9.17) is 4.74 Å². The van der Waals surface area contributed by atoms with Gasteiger partial charge in [0.05, 0.1) is 13.2 Å². The summed E-state index contributed by atoms with van der Waals surface area (Å²) < 4.78 is 18.7. The molecule has 0 saturated heterocycles. The molecule has 0 radical (unpaired) electrons. The van der Waals surface area contributed by atoms with Crippen LogP contribution in [0.5, 0.6) is 5.75 Å². The summed E-state index contributed by atoms with van der Waals surface area (Å²) in [6, 6.07) is 11.6. The molecule has 200 valence electrons. The summed E-state index contributed by atoms with van der Waals surface area (Å²) in [6.07, 6.45) is 1.31. The van der Waals surface area contributed by atoms with Crippen molar-refractivity contribution in [2.45, 2.75) is 65.1 Å². The van der Waals surface area contributed by atoms with Crippen LogP contribution in [-0.2, 0) is 32.1 Å². The number of hydrogen-bond donors (Lipinski definition) is 3. The first kappa shape index (κ1) is 29.5. The number of nitrogens with one attached hydrogen (secondary N) is 3. The molecule has 0 spiro atoms. The van der Waals surface area contributed by atoms with Crippen molar-refractivity contribution in [1.29, 1.82) is 0 Å². The molecule has 2 aromatic carbocycles. The van der Waals surface area contributed by atoms with Gasteiger partial charge in [0.2, 0.25) is 17.6 Å². The van der Waals surface area contributed by atoms with E-state index in [1.54, 1.807) is 13.0 Å². The van der Waals surface area contributed by atoms with Crippen molar-refractivity contribution in [3.05, 3.63) is 65.5 Å². The largest absolute Gasteiger partial charge is 0.497 e. The van der Waals surface area contributed by atoms with Crippen molar-refractivity contribution in [2.75, 3.05) is 7.11 Å². The van der Waals surface area contributed by atoms with Gasteiger partial charge in [-0.05, 0) is 48.4 Å². The minimum Gasteiger partial charge on any atom is -0.497 e. The van der Waals surface area contributed by atoms with Crippen molar-refractivity contribution in [2.24, 2.45) is 5.92 Å². The minimum absolute atomic E-state index is 0.0868. The smallest absolute Gasteiger partial charge is 0.289 e. The molecule has 0 fully saturated rings. The van der Waals surface area contributed by atoms with Crippen LogP contribution in [0.4, 0.5) is 4.39 Å². The van der Waals surface area contributed by atoms with Gasteiger partial charge in [-0.1, -0.05) is 51.1 Å². The highest BCUT2D eigenvalue weighted by atomic mass is 19.1. The Bertz CT molecular complexity index is 1070. The fourth-order valence-electron chi connectivity index (χ4n) is 3.77. The zero-order valence-corrected chi connectivity index (χ0v) is 21.8. The quantitative estimate of drug-likeness (QED) is 0.336. The van der Waals surface area contributed by atoms with E-state index in [9.17, 15) is 23.6 Å². The molecular formula is C28H36FN3O5. The highest BCUT2D eigenvalue weighted by molar-refractivity contribution is 6.38. The first-order valence-corrected chi connectivity index (χ1v) is 12.4. The van der Waals surface area contributed by atoms with Crippen LogP contribution in [0, 0.1) is 11.7 Å². The van der Waals surface area contributed by atoms with Crippen LogP contribution >= 0.6 is 0 Å². The molecule has 2 aromatic rings. The van der Waals surface area contributed by atoms with Crippen molar-refractivity contribution in [3.8, 4) is 5.75 Å². The number of halogens is 1. The molecule has 8 nitrogen and oxygen atoms in total. The van der Waals surface area contributed by atoms with E-state index >= 15 is 0 Å². The van der Waals surface area contributed by atoms with Gasteiger partial charge < -0.3 is 20.7 Å². The molecule has 37 heavy (non-hydrogen) atoms. The van der Waals surface area contributed by atoms with Gasteiger partial charge in [0.25, 0.3) is 5.91 Å². The maximum Gasteiger partial charge on any atom is 0.289 e. The fraction of sp³-hybridized carbons (Fsp3) is 0.429. The summed E-state index contributed by atoms with van der Waals surface area (Å²) in [4.78, 5) is 50.8. The van der Waals surface area contributed by atoms with E-state index in [2.05, 4.69) is 16.0 Å². The molecule has 0 bridgehead atoms. The molecule has 2 atom stereocenters. The van der Waals surface area contributed by atoms with Gasteiger partial charge >= 0.3 is 0 Å². The van der Waals surface area contributed by atoms with Crippen molar-refractivity contribution in [3.63, 3.8) is 0 Å². The molecule has 0 aromatic heterocycles. The highest BCUT2D eigenvalue weighted by Crippen LogP contribution is 2.16. The van der Waals surface area contributed by atoms with E-state index in [0.717, 1.165) is 5.56 Å². The molecule has 0 aliphatic rings. The topological polar surface area (TPSA) is 114 Å². The summed E-state index contributed by atoms with van der Waals surface area (Å²) in [6.45, 7) is 5.43. The molecule has 0 aliphatic heterocycles. The Morgan fingerprint density at radius 1 is 0.946 bits per heavy atom. The van der Waals surface area contributed by atoms with Crippen LogP contribution in [0.2, 0.25) is 0 Å². The van der Waals surface area contributed by atoms with Crippen LogP contribution < -0.4 is 20.7 Å². The second-order valence-electron chi connectivity index (χ2n) is 9.25. The monoisotopic (exact) mass is 513 g/mol. The number of ether oxygens (including phenoxy) is 1. The molecule has 2 rings (SSSR count). The number of aryl methyl sites for hydroxylation is 1. The van der Waals surface area contributed by atoms with E-state index in [1.807, 2.05) is 44.2 Å². The molecule has 0 unspecified atom stereocenters. The molecule has 0 saturated carbocycles. The second-order valence-corrected chi connectivity index (χ2v) is 9.25. The van der Waals surface area contributed by atoms with Crippen molar-refractivity contribution < 1.29 is 28.3 Å². The van der Waals surface area contributed by atoms with Gasteiger partial charge in [0, 0.05) is 19.0 Å². The maximum atomic E-state index is 13.7. The number of carbonyl (C=O) groups is 4. The number of benzene rings is 2. The Labute approximate surface area is 217 Å². The molecule has 9 heteroatoms. The number of rotatable bonds is 14. The number of methoxy groups -OCH3 is 1. The molecule has 3 N–H and O–H groups in total. The van der Waals surface area contributed by atoms with E-state index in [0.29, 0.717) is 18.4 Å². The van der Waals surface area contributed by atoms with Crippen LogP contribution in [-0.4, -0.2) is 42.7 Å². The van der Waals surface area contributed by atoms with Crippen LogP contribution in [0.3, 0.4) is 0 Å². The number of ketones is 1. The Kier molecular flexibility index (Phi) is 11.7. The van der Waals surface area contributed by atoms with Crippen LogP contribution in [0.15, 0.2) is 48.5 Å². The third kappa shape index (κ3) is 10.0. The normalized spacial score (nSPS) is 12.4. The van der Waals surface area contributed by atoms with Gasteiger partial charge in [-0.2, -0.15) is 0 Å². The van der Waals surface area contributed by atoms with Crippen molar-refractivity contribution in [1.82, 2.24) is 16.0 Å². The third-order valence-electron chi connectivity index (χ3n) is 5.73. The van der Waals surface area contributed by atoms with Crippen LogP contribution in [0.25, 0.3) is 0 Å².